The Labute approximate surface area is 121 Å². The van der Waals surface area contributed by atoms with Crippen LogP contribution < -0.4 is 5.32 Å². The summed E-state index contributed by atoms with van der Waals surface area (Å²) in [7, 11) is 0. The number of hydrogen-bond acceptors (Lipinski definition) is 2. The molecule has 1 aliphatic heterocycles. The first-order chi connectivity index (χ1) is 8.08. The molecule has 0 amide bonds. The van der Waals surface area contributed by atoms with Gasteiger partial charge in [-0.15, -0.1) is 0 Å². The van der Waals surface area contributed by atoms with Gasteiger partial charge < -0.3 is 5.32 Å². The summed E-state index contributed by atoms with van der Waals surface area (Å²) in [5.74, 6) is 1.29. The molecule has 0 aromatic heterocycles. The van der Waals surface area contributed by atoms with Crippen molar-refractivity contribution in [2.45, 2.75) is 38.0 Å². The molecule has 0 bridgehead atoms. The van der Waals surface area contributed by atoms with E-state index in [9.17, 15) is 0 Å². The highest BCUT2D eigenvalue weighted by atomic mass is 79.9. The van der Waals surface area contributed by atoms with E-state index in [0.29, 0.717) is 11.3 Å². The summed E-state index contributed by atoms with van der Waals surface area (Å²) in [6.45, 7) is 4.32. The molecular formula is C13H17BrClNS. The lowest BCUT2D eigenvalue weighted by Gasteiger charge is -2.30. The molecule has 1 nitrogen and oxygen atoms in total. The summed E-state index contributed by atoms with van der Waals surface area (Å²) < 4.78 is 1.10. The number of rotatable bonds is 2. The van der Waals surface area contributed by atoms with Gasteiger partial charge in [-0.3, -0.25) is 0 Å². The molecule has 94 valence electrons. The van der Waals surface area contributed by atoms with E-state index in [1.54, 1.807) is 0 Å². The second kappa shape index (κ2) is 5.85. The van der Waals surface area contributed by atoms with Crippen molar-refractivity contribution in [1.29, 1.82) is 0 Å². The lowest BCUT2D eigenvalue weighted by atomic mass is 10.1. The van der Waals surface area contributed by atoms with Crippen molar-refractivity contribution >= 4 is 45.0 Å². The topological polar surface area (TPSA) is 12.0 Å². The molecule has 1 fully saturated rings. The van der Waals surface area contributed by atoms with Crippen LogP contribution in [-0.2, 0) is 0 Å². The quantitative estimate of drug-likeness (QED) is 0.807. The number of nitrogens with one attached hydrogen (secondary N) is 1. The average Bonchev–Trinajstić information content (AvgIpc) is 2.29. The van der Waals surface area contributed by atoms with Crippen LogP contribution in [0, 0.1) is 6.92 Å². The zero-order chi connectivity index (χ0) is 12.4. The van der Waals surface area contributed by atoms with E-state index in [2.05, 4.69) is 34.2 Å². The summed E-state index contributed by atoms with van der Waals surface area (Å²) in [4.78, 5) is 0. The van der Waals surface area contributed by atoms with Crippen molar-refractivity contribution in [2.24, 2.45) is 0 Å². The molecule has 1 aliphatic rings. The summed E-state index contributed by atoms with van der Waals surface area (Å²) in [6, 6.07) is 4.64. The zero-order valence-electron chi connectivity index (χ0n) is 10.1. The van der Waals surface area contributed by atoms with Gasteiger partial charge in [0.2, 0.25) is 0 Å². The molecule has 0 spiro atoms. The van der Waals surface area contributed by atoms with Crippen LogP contribution in [0.2, 0.25) is 5.02 Å². The van der Waals surface area contributed by atoms with Crippen molar-refractivity contribution in [3.05, 3.63) is 27.2 Å². The van der Waals surface area contributed by atoms with E-state index >= 15 is 0 Å². The lowest BCUT2D eigenvalue weighted by Crippen LogP contribution is -2.32. The van der Waals surface area contributed by atoms with Crippen LogP contribution in [-0.4, -0.2) is 17.0 Å². The monoisotopic (exact) mass is 333 g/mol. The molecular weight excluding hydrogens is 318 g/mol. The molecule has 1 aromatic carbocycles. The molecule has 0 aliphatic carbocycles. The van der Waals surface area contributed by atoms with Gasteiger partial charge in [0.05, 0.1) is 5.69 Å². The summed E-state index contributed by atoms with van der Waals surface area (Å²) in [5.41, 5.74) is 2.22. The van der Waals surface area contributed by atoms with Crippen LogP contribution in [0.4, 0.5) is 5.69 Å². The van der Waals surface area contributed by atoms with Gasteiger partial charge in [-0.1, -0.05) is 18.5 Å². The van der Waals surface area contributed by atoms with Gasteiger partial charge in [-0.25, -0.2) is 0 Å². The van der Waals surface area contributed by atoms with Crippen molar-refractivity contribution in [3.8, 4) is 0 Å². The summed E-state index contributed by atoms with van der Waals surface area (Å²) >= 11 is 11.8. The van der Waals surface area contributed by atoms with Gasteiger partial charge >= 0.3 is 0 Å². The van der Waals surface area contributed by atoms with Gasteiger partial charge in [-0.2, -0.15) is 11.8 Å². The maximum Gasteiger partial charge on any atom is 0.0502 e. The Kier molecular flexibility index (Phi) is 4.67. The number of anilines is 1. The molecule has 0 radical (unpaired) electrons. The molecule has 0 saturated carbocycles. The molecule has 4 heteroatoms. The number of aryl methyl sites for hydroxylation is 1. The van der Waals surface area contributed by atoms with E-state index in [1.807, 2.05) is 24.8 Å². The molecule has 1 N–H and O–H groups in total. The van der Waals surface area contributed by atoms with Crippen molar-refractivity contribution in [3.63, 3.8) is 0 Å². The Morgan fingerprint density at radius 3 is 2.94 bits per heavy atom. The third-order valence-electron chi connectivity index (χ3n) is 3.20. The van der Waals surface area contributed by atoms with Gasteiger partial charge in [0.25, 0.3) is 0 Å². The highest BCUT2D eigenvalue weighted by Crippen LogP contribution is 2.33. The molecule has 2 unspecified atom stereocenters. The van der Waals surface area contributed by atoms with Gasteiger partial charge in [0.1, 0.15) is 0 Å². The van der Waals surface area contributed by atoms with E-state index < -0.39 is 0 Å². The number of benzene rings is 1. The first kappa shape index (κ1) is 13.6. The van der Waals surface area contributed by atoms with Crippen LogP contribution >= 0.6 is 39.3 Å². The number of hydrogen-bond donors (Lipinski definition) is 1. The third-order valence-corrected chi connectivity index (χ3v) is 5.64. The molecule has 1 aromatic rings. The first-order valence-electron chi connectivity index (χ1n) is 5.91. The second-order valence-corrected chi connectivity index (χ2v) is 7.30. The standard InChI is InChI=1S/C13H17BrClNS/c1-8-6-10(14)13(7-11(8)15)16-12-4-3-5-17-9(12)2/h6-7,9,12,16H,3-5H2,1-2H3. The van der Waals surface area contributed by atoms with Gasteiger partial charge in [0, 0.05) is 20.8 Å². The Hall–Kier alpha value is 0.140. The SMILES string of the molecule is Cc1cc(Br)c(NC2CCCSC2C)cc1Cl. The number of thioether (sulfide) groups is 1. The van der Waals surface area contributed by atoms with E-state index in [-0.39, 0.29) is 0 Å². The molecule has 1 heterocycles. The Morgan fingerprint density at radius 1 is 1.47 bits per heavy atom. The maximum absolute atomic E-state index is 6.17. The summed E-state index contributed by atoms with van der Waals surface area (Å²) in [6.07, 6.45) is 2.54. The van der Waals surface area contributed by atoms with Gasteiger partial charge in [-0.05, 0) is 59.1 Å². The van der Waals surface area contributed by atoms with Crippen LogP contribution in [0.5, 0.6) is 0 Å². The largest absolute Gasteiger partial charge is 0.380 e. The normalized spacial score (nSPS) is 24.7. The predicted molar refractivity (Wildman–Crippen MR) is 82.5 cm³/mol. The summed E-state index contributed by atoms with van der Waals surface area (Å²) in [5, 5.41) is 5.10. The molecule has 1 saturated heterocycles. The average molecular weight is 335 g/mol. The number of halogens is 2. The Balaban J connectivity index is 2.15. The third kappa shape index (κ3) is 3.33. The van der Waals surface area contributed by atoms with E-state index in [0.717, 1.165) is 20.7 Å². The van der Waals surface area contributed by atoms with E-state index in [4.69, 9.17) is 11.6 Å². The van der Waals surface area contributed by atoms with Crippen molar-refractivity contribution in [2.75, 3.05) is 11.1 Å². The van der Waals surface area contributed by atoms with Gasteiger partial charge in [0.15, 0.2) is 0 Å². The van der Waals surface area contributed by atoms with Crippen LogP contribution in [0.25, 0.3) is 0 Å². The minimum Gasteiger partial charge on any atom is -0.380 e. The fraction of sp³-hybridized carbons (Fsp3) is 0.538. The second-order valence-electron chi connectivity index (χ2n) is 4.55. The highest BCUT2D eigenvalue weighted by Gasteiger charge is 2.22. The van der Waals surface area contributed by atoms with Crippen molar-refractivity contribution in [1.82, 2.24) is 0 Å². The molecule has 2 rings (SSSR count). The molecule has 2 atom stereocenters. The fourth-order valence-corrected chi connectivity index (χ4v) is 3.95. The molecule has 17 heavy (non-hydrogen) atoms. The Bertz CT molecular complexity index is 411. The minimum atomic E-state index is 0.545. The fourth-order valence-electron chi connectivity index (χ4n) is 2.07. The smallest absolute Gasteiger partial charge is 0.0502 e. The maximum atomic E-state index is 6.17. The zero-order valence-corrected chi connectivity index (χ0v) is 13.3. The van der Waals surface area contributed by atoms with Crippen molar-refractivity contribution < 1.29 is 0 Å². The van der Waals surface area contributed by atoms with Crippen LogP contribution in [0.1, 0.15) is 25.3 Å². The Morgan fingerprint density at radius 2 is 2.24 bits per heavy atom. The predicted octanol–water partition coefficient (Wildman–Crippen LogP) is 5.11. The highest BCUT2D eigenvalue weighted by molar-refractivity contribution is 9.10. The van der Waals surface area contributed by atoms with E-state index in [1.165, 1.54) is 18.6 Å². The lowest BCUT2D eigenvalue weighted by molar-refractivity contribution is 0.617. The minimum absolute atomic E-state index is 0.545. The van der Waals surface area contributed by atoms with Crippen LogP contribution in [0.15, 0.2) is 16.6 Å². The first-order valence-corrected chi connectivity index (χ1v) is 8.13. The van der Waals surface area contributed by atoms with Crippen LogP contribution in [0.3, 0.4) is 0 Å².